The zero-order chi connectivity index (χ0) is 19.9. The molecule has 0 unspecified atom stereocenters. The molecule has 150 valence electrons. The number of nitrogens with zero attached hydrogens (tertiary/aromatic N) is 2. The monoisotopic (exact) mass is 396 g/mol. The minimum Gasteiger partial charge on any atom is -0.490 e. The van der Waals surface area contributed by atoms with Gasteiger partial charge in [0.25, 0.3) is 0 Å². The second-order valence-electron chi connectivity index (χ2n) is 6.31. The second-order valence-corrected chi connectivity index (χ2v) is 8.29. The number of carbonyl (C=O) groups excluding carboxylic acids is 1. The highest BCUT2D eigenvalue weighted by molar-refractivity contribution is 7.88. The van der Waals surface area contributed by atoms with Crippen LogP contribution in [0.15, 0.2) is 24.3 Å². The van der Waals surface area contributed by atoms with Gasteiger partial charge < -0.3 is 14.4 Å². The molecule has 0 saturated carbocycles. The van der Waals surface area contributed by atoms with E-state index in [1.165, 1.54) is 16.6 Å². The highest BCUT2D eigenvalue weighted by Gasteiger charge is 2.24. The minimum absolute atomic E-state index is 0.132. The number of piperazine rings is 1. The Hall–Kier alpha value is -2.06. The molecule has 0 bridgehead atoms. The molecule has 1 saturated heterocycles. The molecule has 0 aliphatic carbocycles. The molecule has 1 aromatic carbocycles. The van der Waals surface area contributed by atoms with Crippen molar-refractivity contribution < 1.29 is 22.7 Å². The van der Waals surface area contributed by atoms with Crippen molar-refractivity contribution in [2.45, 2.75) is 20.3 Å². The number of carbonyl (C=O) groups is 1. The lowest BCUT2D eigenvalue weighted by atomic mass is 10.2. The second kappa shape index (κ2) is 9.75. The average molecular weight is 397 g/mol. The van der Waals surface area contributed by atoms with Crippen LogP contribution >= 0.6 is 0 Å². The van der Waals surface area contributed by atoms with Crippen LogP contribution in [0.5, 0.6) is 11.5 Å². The molecule has 1 fully saturated rings. The quantitative estimate of drug-likeness (QED) is 0.628. The van der Waals surface area contributed by atoms with E-state index in [0.717, 1.165) is 12.0 Å². The van der Waals surface area contributed by atoms with E-state index >= 15 is 0 Å². The van der Waals surface area contributed by atoms with E-state index in [2.05, 4.69) is 0 Å². The number of hydrogen-bond acceptors (Lipinski definition) is 5. The molecular weight excluding hydrogens is 368 g/mol. The Bertz CT molecular complexity index is 768. The molecule has 0 spiro atoms. The van der Waals surface area contributed by atoms with Crippen LogP contribution in [-0.2, 0) is 14.8 Å². The van der Waals surface area contributed by atoms with Crippen molar-refractivity contribution in [1.82, 2.24) is 9.21 Å². The van der Waals surface area contributed by atoms with E-state index < -0.39 is 10.0 Å². The first-order valence-electron chi connectivity index (χ1n) is 9.17. The Morgan fingerprint density at radius 1 is 1.11 bits per heavy atom. The van der Waals surface area contributed by atoms with Crippen LogP contribution in [0.3, 0.4) is 0 Å². The minimum atomic E-state index is -3.20. The van der Waals surface area contributed by atoms with Crippen LogP contribution in [-0.4, -0.2) is 69.2 Å². The molecule has 0 N–H and O–H groups in total. The van der Waals surface area contributed by atoms with E-state index in [1.807, 2.05) is 32.0 Å². The fourth-order valence-electron chi connectivity index (χ4n) is 2.74. The van der Waals surface area contributed by atoms with E-state index in [1.54, 1.807) is 11.0 Å². The lowest BCUT2D eigenvalue weighted by Gasteiger charge is -2.32. The van der Waals surface area contributed by atoms with Gasteiger partial charge in [0.15, 0.2) is 11.5 Å². The summed E-state index contributed by atoms with van der Waals surface area (Å²) in [5.41, 5.74) is 0.838. The maximum absolute atomic E-state index is 12.4. The molecule has 1 amide bonds. The molecule has 0 radical (unpaired) electrons. The molecule has 0 atom stereocenters. The van der Waals surface area contributed by atoms with Crippen molar-refractivity contribution >= 4 is 22.0 Å². The topological polar surface area (TPSA) is 76.2 Å². The van der Waals surface area contributed by atoms with Gasteiger partial charge in [0, 0.05) is 32.3 Å². The van der Waals surface area contributed by atoms with Gasteiger partial charge in [-0.1, -0.05) is 13.0 Å². The molecule has 1 aliphatic rings. The molecule has 1 aromatic rings. The number of amides is 1. The van der Waals surface area contributed by atoms with E-state index in [-0.39, 0.29) is 5.91 Å². The first kappa shape index (κ1) is 21.2. The van der Waals surface area contributed by atoms with Crippen molar-refractivity contribution in [3.05, 3.63) is 29.8 Å². The Kier molecular flexibility index (Phi) is 7.67. The number of hydrogen-bond donors (Lipinski definition) is 0. The van der Waals surface area contributed by atoms with Crippen LogP contribution in [0, 0.1) is 0 Å². The molecule has 7 nitrogen and oxygen atoms in total. The Balaban J connectivity index is 2.00. The van der Waals surface area contributed by atoms with Gasteiger partial charge in [-0.15, -0.1) is 0 Å². The molecule has 1 aliphatic heterocycles. The summed E-state index contributed by atoms with van der Waals surface area (Å²) in [7, 11) is -3.20. The first-order chi connectivity index (χ1) is 12.8. The highest BCUT2D eigenvalue weighted by Crippen LogP contribution is 2.29. The molecule has 27 heavy (non-hydrogen) atoms. The summed E-state index contributed by atoms with van der Waals surface area (Å²) in [6.07, 6.45) is 5.34. The van der Waals surface area contributed by atoms with E-state index in [4.69, 9.17) is 9.47 Å². The zero-order valence-corrected chi connectivity index (χ0v) is 17.0. The van der Waals surface area contributed by atoms with Gasteiger partial charge in [-0.3, -0.25) is 4.79 Å². The van der Waals surface area contributed by atoms with Crippen LogP contribution in [0.2, 0.25) is 0 Å². The van der Waals surface area contributed by atoms with Gasteiger partial charge >= 0.3 is 0 Å². The molecular formula is C19H28N2O5S. The van der Waals surface area contributed by atoms with Crippen LogP contribution < -0.4 is 9.47 Å². The van der Waals surface area contributed by atoms with Crippen molar-refractivity contribution in [1.29, 1.82) is 0 Å². The summed E-state index contributed by atoms with van der Waals surface area (Å²) in [6, 6.07) is 5.56. The smallest absolute Gasteiger partial charge is 0.246 e. The van der Waals surface area contributed by atoms with Crippen molar-refractivity contribution in [3.8, 4) is 11.5 Å². The van der Waals surface area contributed by atoms with Gasteiger partial charge in [-0.25, -0.2) is 8.42 Å². The lowest BCUT2D eigenvalue weighted by Crippen LogP contribution is -2.49. The summed E-state index contributed by atoms with van der Waals surface area (Å²) >= 11 is 0. The van der Waals surface area contributed by atoms with Crippen molar-refractivity contribution in [3.63, 3.8) is 0 Å². The maximum Gasteiger partial charge on any atom is 0.246 e. The summed E-state index contributed by atoms with van der Waals surface area (Å²) < 4.78 is 35.8. The Labute approximate surface area is 161 Å². The first-order valence-corrected chi connectivity index (χ1v) is 11.0. The largest absolute Gasteiger partial charge is 0.490 e. The van der Waals surface area contributed by atoms with Crippen LogP contribution in [0.25, 0.3) is 6.08 Å². The summed E-state index contributed by atoms with van der Waals surface area (Å²) in [5, 5.41) is 0. The molecule has 8 heteroatoms. The molecule has 2 rings (SSSR count). The average Bonchev–Trinajstić information content (AvgIpc) is 2.65. The maximum atomic E-state index is 12.4. The normalized spacial score (nSPS) is 15.9. The summed E-state index contributed by atoms with van der Waals surface area (Å²) in [4.78, 5) is 14.0. The lowest BCUT2D eigenvalue weighted by molar-refractivity contribution is -0.127. The van der Waals surface area contributed by atoms with Crippen molar-refractivity contribution in [2.75, 3.05) is 45.6 Å². The van der Waals surface area contributed by atoms with E-state index in [9.17, 15) is 13.2 Å². The Morgan fingerprint density at radius 2 is 1.81 bits per heavy atom. The van der Waals surface area contributed by atoms with Crippen LogP contribution in [0.4, 0.5) is 0 Å². The van der Waals surface area contributed by atoms with Gasteiger partial charge in [0.1, 0.15) is 0 Å². The number of benzene rings is 1. The standard InChI is InChI=1S/C19H28N2O5S/c1-4-14-26-17-8-6-16(15-18(17)25-5-2)7-9-19(22)20-10-12-21(13-11-20)27(3,23)24/h6-9,15H,4-5,10-14H2,1-3H3. The third-order valence-corrected chi connectivity index (χ3v) is 5.47. The number of ether oxygens (including phenoxy) is 2. The fourth-order valence-corrected chi connectivity index (χ4v) is 3.57. The summed E-state index contributed by atoms with van der Waals surface area (Å²) in [6.45, 7) is 6.54. The molecule has 1 heterocycles. The third kappa shape index (κ3) is 6.25. The number of sulfonamides is 1. The highest BCUT2D eigenvalue weighted by atomic mass is 32.2. The number of rotatable bonds is 8. The van der Waals surface area contributed by atoms with Gasteiger partial charge in [-0.05, 0) is 37.1 Å². The van der Waals surface area contributed by atoms with Crippen molar-refractivity contribution in [2.24, 2.45) is 0 Å². The summed E-state index contributed by atoms with van der Waals surface area (Å²) in [5.74, 6) is 1.22. The third-order valence-electron chi connectivity index (χ3n) is 4.17. The Morgan fingerprint density at radius 3 is 2.41 bits per heavy atom. The van der Waals surface area contributed by atoms with Crippen LogP contribution in [0.1, 0.15) is 25.8 Å². The van der Waals surface area contributed by atoms with Gasteiger partial charge in [0.05, 0.1) is 19.5 Å². The van der Waals surface area contributed by atoms with Gasteiger partial charge in [0.2, 0.25) is 15.9 Å². The predicted molar refractivity (Wildman–Crippen MR) is 105 cm³/mol. The SMILES string of the molecule is CCCOc1ccc(C=CC(=O)N2CCN(S(C)(=O)=O)CC2)cc1OCC. The fraction of sp³-hybridized carbons (Fsp3) is 0.526. The molecule has 0 aromatic heterocycles. The van der Waals surface area contributed by atoms with Gasteiger partial charge in [-0.2, -0.15) is 4.31 Å². The zero-order valence-electron chi connectivity index (χ0n) is 16.2. The van der Waals surface area contributed by atoms with E-state index in [0.29, 0.717) is 50.9 Å². The predicted octanol–water partition coefficient (Wildman–Crippen LogP) is 1.99.